The lowest BCUT2D eigenvalue weighted by Crippen LogP contribution is -2.39. The summed E-state index contributed by atoms with van der Waals surface area (Å²) in [6, 6.07) is 10.8. The van der Waals surface area contributed by atoms with E-state index in [-0.39, 0.29) is 0 Å². The van der Waals surface area contributed by atoms with Crippen LogP contribution < -0.4 is 10.6 Å². The van der Waals surface area contributed by atoms with Crippen LogP contribution in [0.3, 0.4) is 0 Å². The summed E-state index contributed by atoms with van der Waals surface area (Å²) in [5, 5.41) is 6.28. The van der Waals surface area contributed by atoms with Gasteiger partial charge in [0.2, 0.25) is 0 Å². The fourth-order valence-electron chi connectivity index (χ4n) is 1.87. The van der Waals surface area contributed by atoms with E-state index >= 15 is 0 Å². The molecule has 0 saturated carbocycles. The van der Waals surface area contributed by atoms with Crippen LogP contribution >= 0.6 is 0 Å². The second-order valence-corrected chi connectivity index (χ2v) is 5.03. The number of aliphatic imine (C=N–C) groups is 1. The van der Waals surface area contributed by atoms with Gasteiger partial charge in [0.05, 0.1) is 13.1 Å². The SMILES string of the molecule is C#CCNC(=NCC(C)N(C)Cc1ccccc1)NCC. The normalized spacial score (nSPS) is 12.8. The molecular formula is C17H26N4. The number of hydrogen-bond donors (Lipinski definition) is 2. The highest BCUT2D eigenvalue weighted by Crippen LogP contribution is 2.06. The number of nitrogens with zero attached hydrogens (tertiary/aromatic N) is 2. The van der Waals surface area contributed by atoms with Gasteiger partial charge in [-0.3, -0.25) is 9.89 Å². The van der Waals surface area contributed by atoms with Crippen molar-refractivity contribution in [3.8, 4) is 12.3 Å². The first-order chi connectivity index (χ1) is 10.2. The zero-order valence-electron chi connectivity index (χ0n) is 13.3. The summed E-state index contributed by atoms with van der Waals surface area (Å²) in [5.74, 6) is 3.33. The lowest BCUT2D eigenvalue weighted by Gasteiger charge is -2.23. The van der Waals surface area contributed by atoms with E-state index in [1.165, 1.54) is 5.56 Å². The topological polar surface area (TPSA) is 39.7 Å². The summed E-state index contributed by atoms with van der Waals surface area (Å²) < 4.78 is 0. The summed E-state index contributed by atoms with van der Waals surface area (Å²) >= 11 is 0. The number of benzene rings is 1. The first kappa shape index (κ1) is 17.1. The van der Waals surface area contributed by atoms with Crippen molar-refractivity contribution in [2.24, 2.45) is 4.99 Å². The molecule has 0 amide bonds. The van der Waals surface area contributed by atoms with Gasteiger partial charge in [0, 0.05) is 19.1 Å². The number of guanidine groups is 1. The molecule has 4 nitrogen and oxygen atoms in total. The van der Waals surface area contributed by atoms with Crippen LogP contribution in [0, 0.1) is 12.3 Å². The van der Waals surface area contributed by atoms with Gasteiger partial charge in [-0.1, -0.05) is 36.3 Å². The first-order valence-electron chi connectivity index (χ1n) is 7.37. The molecule has 4 heteroatoms. The van der Waals surface area contributed by atoms with Crippen LogP contribution in [-0.4, -0.2) is 43.6 Å². The molecule has 1 atom stereocenters. The summed E-state index contributed by atoms with van der Waals surface area (Å²) in [7, 11) is 2.12. The van der Waals surface area contributed by atoms with E-state index in [0.29, 0.717) is 12.6 Å². The third-order valence-electron chi connectivity index (χ3n) is 3.24. The minimum absolute atomic E-state index is 0.353. The molecule has 114 valence electrons. The van der Waals surface area contributed by atoms with Crippen molar-refractivity contribution in [2.75, 3.05) is 26.7 Å². The maximum absolute atomic E-state index is 5.26. The Morgan fingerprint density at radius 2 is 2.05 bits per heavy atom. The summed E-state index contributed by atoms with van der Waals surface area (Å²) in [6.45, 7) is 7.18. The van der Waals surface area contributed by atoms with Crippen LogP contribution in [-0.2, 0) is 6.54 Å². The average molecular weight is 286 g/mol. The molecule has 0 heterocycles. The lowest BCUT2D eigenvalue weighted by atomic mass is 10.2. The van der Waals surface area contributed by atoms with E-state index in [4.69, 9.17) is 6.42 Å². The molecule has 0 bridgehead atoms. The van der Waals surface area contributed by atoms with E-state index in [2.05, 4.69) is 64.7 Å². The summed E-state index contributed by atoms with van der Waals surface area (Å²) in [6.07, 6.45) is 5.26. The second kappa shape index (κ2) is 9.84. The van der Waals surface area contributed by atoms with Gasteiger partial charge in [0.25, 0.3) is 0 Å². The predicted molar refractivity (Wildman–Crippen MR) is 90.2 cm³/mol. The van der Waals surface area contributed by atoms with E-state index < -0.39 is 0 Å². The van der Waals surface area contributed by atoms with Crippen LogP contribution in [0.1, 0.15) is 19.4 Å². The predicted octanol–water partition coefficient (Wildman–Crippen LogP) is 1.70. The molecule has 0 radical (unpaired) electrons. The molecule has 0 aliphatic carbocycles. The maximum atomic E-state index is 5.26. The molecule has 2 N–H and O–H groups in total. The smallest absolute Gasteiger partial charge is 0.192 e. The van der Waals surface area contributed by atoms with Gasteiger partial charge in [-0.25, -0.2) is 0 Å². The van der Waals surface area contributed by atoms with Crippen LogP contribution in [0.4, 0.5) is 0 Å². The van der Waals surface area contributed by atoms with Gasteiger partial charge < -0.3 is 10.6 Å². The zero-order valence-corrected chi connectivity index (χ0v) is 13.3. The van der Waals surface area contributed by atoms with Crippen molar-refractivity contribution in [2.45, 2.75) is 26.4 Å². The Hall–Kier alpha value is -1.99. The molecule has 21 heavy (non-hydrogen) atoms. The van der Waals surface area contributed by atoms with E-state index in [1.807, 2.05) is 13.0 Å². The minimum atomic E-state index is 0.353. The van der Waals surface area contributed by atoms with Gasteiger partial charge in [-0.15, -0.1) is 6.42 Å². The second-order valence-electron chi connectivity index (χ2n) is 5.03. The maximum Gasteiger partial charge on any atom is 0.192 e. The monoisotopic (exact) mass is 286 g/mol. The van der Waals surface area contributed by atoms with E-state index in [1.54, 1.807) is 0 Å². The van der Waals surface area contributed by atoms with Gasteiger partial charge in [0.1, 0.15) is 0 Å². The fraction of sp³-hybridized carbons (Fsp3) is 0.471. The minimum Gasteiger partial charge on any atom is -0.357 e. The number of hydrogen-bond acceptors (Lipinski definition) is 2. The molecular weight excluding hydrogens is 260 g/mol. The van der Waals surface area contributed by atoms with Gasteiger partial charge >= 0.3 is 0 Å². The molecule has 0 aliphatic rings. The van der Waals surface area contributed by atoms with Crippen LogP contribution in [0.25, 0.3) is 0 Å². The highest BCUT2D eigenvalue weighted by atomic mass is 15.2. The molecule has 0 aromatic heterocycles. The van der Waals surface area contributed by atoms with Gasteiger partial charge in [-0.2, -0.15) is 0 Å². The average Bonchev–Trinajstić information content (AvgIpc) is 2.50. The van der Waals surface area contributed by atoms with Gasteiger partial charge in [0.15, 0.2) is 5.96 Å². The Labute approximate surface area is 128 Å². The van der Waals surface area contributed by atoms with Crippen LogP contribution in [0.5, 0.6) is 0 Å². The van der Waals surface area contributed by atoms with Crippen LogP contribution in [0.15, 0.2) is 35.3 Å². The standard InChI is InChI=1S/C17H26N4/c1-5-12-19-17(18-6-2)20-13-15(3)21(4)14-16-10-8-7-9-11-16/h1,7-11,15H,6,12-14H2,2-4H3,(H2,18,19,20). The number of terminal acetylenes is 1. The van der Waals surface area contributed by atoms with Crippen molar-refractivity contribution >= 4 is 5.96 Å². The first-order valence-corrected chi connectivity index (χ1v) is 7.37. The van der Waals surface area contributed by atoms with Crippen molar-refractivity contribution in [3.05, 3.63) is 35.9 Å². The Bertz CT molecular complexity index is 461. The highest BCUT2D eigenvalue weighted by molar-refractivity contribution is 5.79. The zero-order chi connectivity index (χ0) is 15.5. The summed E-state index contributed by atoms with van der Waals surface area (Å²) in [4.78, 5) is 6.87. The molecule has 0 spiro atoms. The Balaban J connectivity index is 2.49. The number of rotatable bonds is 7. The molecule has 0 fully saturated rings. The van der Waals surface area contributed by atoms with Crippen molar-refractivity contribution in [3.63, 3.8) is 0 Å². The molecule has 0 aliphatic heterocycles. The molecule has 1 unspecified atom stereocenters. The van der Waals surface area contributed by atoms with E-state index in [9.17, 15) is 0 Å². The molecule has 1 rings (SSSR count). The van der Waals surface area contributed by atoms with Gasteiger partial charge in [-0.05, 0) is 26.5 Å². The largest absolute Gasteiger partial charge is 0.357 e. The third-order valence-corrected chi connectivity index (χ3v) is 3.24. The summed E-state index contributed by atoms with van der Waals surface area (Å²) in [5.41, 5.74) is 1.31. The Morgan fingerprint density at radius 3 is 2.67 bits per heavy atom. The molecule has 0 saturated heterocycles. The van der Waals surface area contributed by atoms with Crippen molar-refractivity contribution < 1.29 is 0 Å². The van der Waals surface area contributed by atoms with Crippen LogP contribution in [0.2, 0.25) is 0 Å². The Morgan fingerprint density at radius 1 is 1.33 bits per heavy atom. The number of nitrogens with one attached hydrogen (secondary N) is 2. The van der Waals surface area contributed by atoms with Crippen molar-refractivity contribution in [1.29, 1.82) is 0 Å². The molecule has 1 aromatic carbocycles. The lowest BCUT2D eigenvalue weighted by molar-refractivity contribution is 0.255. The third kappa shape index (κ3) is 6.82. The molecule has 1 aromatic rings. The highest BCUT2D eigenvalue weighted by Gasteiger charge is 2.09. The fourth-order valence-corrected chi connectivity index (χ4v) is 1.87. The quantitative estimate of drug-likeness (QED) is 0.455. The Kier molecular flexibility index (Phi) is 8.00. The van der Waals surface area contributed by atoms with E-state index in [0.717, 1.165) is 25.6 Å². The number of likely N-dealkylation sites (N-methyl/N-ethyl adjacent to an activating group) is 1. The van der Waals surface area contributed by atoms with Crippen molar-refractivity contribution in [1.82, 2.24) is 15.5 Å².